The van der Waals surface area contributed by atoms with E-state index >= 15 is 0 Å². The Labute approximate surface area is 88.1 Å². The molecule has 0 saturated carbocycles. The van der Waals surface area contributed by atoms with E-state index in [1.807, 2.05) is 6.92 Å². The van der Waals surface area contributed by atoms with E-state index in [4.69, 9.17) is 15.5 Å². The topological polar surface area (TPSA) is 96.7 Å². The fraction of sp³-hybridized carbons (Fsp3) is 0.556. The van der Waals surface area contributed by atoms with Gasteiger partial charge >= 0.3 is 0 Å². The van der Waals surface area contributed by atoms with Gasteiger partial charge in [0.1, 0.15) is 11.6 Å². The van der Waals surface area contributed by atoms with E-state index < -0.39 is 0 Å². The lowest BCUT2D eigenvalue weighted by molar-refractivity contribution is 0.314. The fourth-order valence-electron chi connectivity index (χ4n) is 1.23. The van der Waals surface area contributed by atoms with Gasteiger partial charge in [0.05, 0.1) is 12.7 Å². The van der Waals surface area contributed by atoms with E-state index in [9.17, 15) is 0 Å². The highest BCUT2D eigenvalue weighted by Crippen LogP contribution is 2.01. The Balaban J connectivity index is 2.34. The monoisotopic (exact) mass is 212 g/mol. The maximum absolute atomic E-state index is 8.44. The number of oxime groups is 1. The van der Waals surface area contributed by atoms with Gasteiger partial charge in [-0.25, -0.2) is 0 Å². The van der Waals surface area contributed by atoms with Crippen molar-refractivity contribution in [3.8, 4) is 0 Å². The van der Waals surface area contributed by atoms with Gasteiger partial charge in [-0.05, 0) is 6.42 Å². The Morgan fingerprint density at radius 1 is 1.80 bits per heavy atom. The lowest BCUT2D eigenvalue weighted by atomic mass is 10.1. The molecular formula is C9H16N4O2. The molecule has 0 bridgehead atoms. The van der Waals surface area contributed by atoms with Crippen LogP contribution >= 0.6 is 0 Å². The van der Waals surface area contributed by atoms with E-state index in [-0.39, 0.29) is 11.9 Å². The predicted octanol–water partition coefficient (Wildman–Crippen LogP) is 0.679. The summed E-state index contributed by atoms with van der Waals surface area (Å²) in [4.78, 5) is 0. The molecule has 1 atom stereocenters. The standard InChI is InChI=1S/C9H16N4O2/c1-2-7(5-9(10)13-14)11-6-8-3-4-12-15-8/h3-4,7,11,14H,2,5-6H2,1H3,(H2,10,13). The number of rotatable bonds is 6. The van der Waals surface area contributed by atoms with Crippen LogP contribution in [0.2, 0.25) is 0 Å². The maximum atomic E-state index is 8.44. The third kappa shape index (κ3) is 3.99. The van der Waals surface area contributed by atoms with Gasteiger partial charge in [-0.3, -0.25) is 0 Å². The molecule has 0 aliphatic heterocycles. The summed E-state index contributed by atoms with van der Waals surface area (Å²) in [6.45, 7) is 2.62. The second-order valence-corrected chi connectivity index (χ2v) is 3.26. The molecule has 0 spiro atoms. The van der Waals surface area contributed by atoms with Crippen molar-refractivity contribution >= 4 is 5.84 Å². The van der Waals surface area contributed by atoms with E-state index in [0.29, 0.717) is 13.0 Å². The van der Waals surface area contributed by atoms with Crippen LogP contribution in [-0.2, 0) is 6.54 Å². The fourth-order valence-corrected chi connectivity index (χ4v) is 1.23. The molecule has 15 heavy (non-hydrogen) atoms. The minimum absolute atomic E-state index is 0.172. The van der Waals surface area contributed by atoms with Crippen molar-refractivity contribution in [3.05, 3.63) is 18.0 Å². The lowest BCUT2D eigenvalue weighted by Gasteiger charge is -2.14. The number of nitrogens with two attached hydrogens (primary N) is 1. The van der Waals surface area contributed by atoms with E-state index in [0.717, 1.165) is 12.2 Å². The van der Waals surface area contributed by atoms with Crippen LogP contribution in [0.3, 0.4) is 0 Å². The van der Waals surface area contributed by atoms with Crippen molar-refractivity contribution < 1.29 is 9.73 Å². The molecule has 0 aromatic carbocycles. The Bertz CT molecular complexity index is 297. The summed E-state index contributed by atoms with van der Waals surface area (Å²) in [5.74, 6) is 1.000. The van der Waals surface area contributed by atoms with Gasteiger partial charge in [-0.1, -0.05) is 17.2 Å². The van der Waals surface area contributed by atoms with Crippen molar-refractivity contribution in [3.63, 3.8) is 0 Å². The number of hydrogen-bond donors (Lipinski definition) is 3. The summed E-state index contributed by atoms with van der Waals surface area (Å²) in [5, 5.41) is 18.2. The first kappa shape index (κ1) is 11.5. The van der Waals surface area contributed by atoms with Crippen LogP contribution in [0.4, 0.5) is 0 Å². The summed E-state index contributed by atoms with van der Waals surface area (Å²) in [6, 6.07) is 1.97. The molecule has 0 saturated heterocycles. The average molecular weight is 212 g/mol. The zero-order valence-electron chi connectivity index (χ0n) is 8.68. The van der Waals surface area contributed by atoms with E-state index in [1.54, 1.807) is 12.3 Å². The molecule has 1 aromatic rings. The first-order valence-corrected chi connectivity index (χ1v) is 4.85. The highest BCUT2D eigenvalue weighted by Gasteiger charge is 2.09. The molecule has 0 radical (unpaired) electrons. The highest BCUT2D eigenvalue weighted by molar-refractivity contribution is 5.80. The number of nitrogens with zero attached hydrogens (tertiary/aromatic N) is 2. The summed E-state index contributed by atoms with van der Waals surface area (Å²) < 4.78 is 4.94. The molecule has 1 aromatic heterocycles. The molecule has 1 heterocycles. The summed E-state index contributed by atoms with van der Waals surface area (Å²) in [7, 11) is 0. The quantitative estimate of drug-likeness (QED) is 0.279. The lowest BCUT2D eigenvalue weighted by Crippen LogP contribution is -2.32. The third-order valence-electron chi connectivity index (χ3n) is 2.13. The molecule has 84 valence electrons. The zero-order chi connectivity index (χ0) is 11.1. The second kappa shape index (κ2) is 6.02. The van der Waals surface area contributed by atoms with E-state index in [2.05, 4.69) is 15.6 Å². The Hall–Kier alpha value is -1.56. The first-order valence-electron chi connectivity index (χ1n) is 4.85. The van der Waals surface area contributed by atoms with E-state index in [1.165, 1.54) is 0 Å². The highest BCUT2D eigenvalue weighted by atomic mass is 16.5. The minimum atomic E-state index is 0.172. The van der Waals surface area contributed by atoms with Crippen molar-refractivity contribution in [1.29, 1.82) is 0 Å². The zero-order valence-corrected chi connectivity index (χ0v) is 8.68. The normalized spacial score (nSPS) is 14.1. The molecule has 0 aliphatic carbocycles. The first-order chi connectivity index (χ1) is 7.26. The van der Waals surface area contributed by atoms with Crippen LogP contribution < -0.4 is 11.1 Å². The molecule has 6 heteroatoms. The Morgan fingerprint density at radius 2 is 2.60 bits per heavy atom. The van der Waals surface area contributed by atoms with Crippen LogP contribution in [0.5, 0.6) is 0 Å². The average Bonchev–Trinajstić information content (AvgIpc) is 2.76. The van der Waals surface area contributed by atoms with Gasteiger partial charge in [-0.15, -0.1) is 0 Å². The molecule has 0 aliphatic rings. The van der Waals surface area contributed by atoms with Crippen LogP contribution in [0, 0.1) is 0 Å². The summed E-state index contributed by atoms with van der Waals surface area (Å²) in [5.41, 5.74) is 5.42. The van der Waals surface area contributed by atoms with Crippen molar-refractivity contribution in [2.75, 3.05) is 0 Å². The number of nitrogens with one attached hydrogen (secondary N) is 1. The molecule has 6 nitrogen and oxygen atoms in total. The molecular weight excluding hydrogens is 196 g/mol. The van der Waals surface area contributed by atoms with Gasteiger partial charge < -0.3 is 20.8 Å². The van der Waals surface area contributed by atoms with Gasteiger partial charge in [0.2, 0.25) is 0 Å². The van der Waals surface area contributed by atoms with Gasteiger partial charge in [0.15, 0.2) is 0 Å². The van der Waals surface area contributed by atoms with Crippen molar-refractivity contribution in [1.82, 2.24) is 10.5 Å². The van der Waals surface area contributed by atoms with Crippen LogP contribution in [0.15, 0.2) is 21.9 Å². The van der Waals surface area contributed by atoms with Gasteiger partial charge in [0, 0.05) is 18.5 Å². The van der Waals surface area contributed by atoms with Crippen molar-refractivity contribution in [2.24, 2.45) is 10.9 Å². The number of aromatic nitrogens is 1. The number of amidine groups is 1. The SMILES string of the molecule is CCC(CC(N)=NO)NCc1ccno1. The molecule has 0 fully saturated rings. The molecule has 1 rings (SSSR count). The largest absolute Gasteiger partial charge is 0.409 e. The molecule has 1 unspecified atom stereocenters. The van der Waals surface area contributed by atoms with Crippen molar-refractivity contribution in [2.45, 2.75) is 32.4 Å². The van der Waals surface area contributed by atoms with Gasteiger partial charge in [-0.2, -0.15) is 0 Å². The molecule has 4 N–H and O–H groups in total. The van der Waals surface area contributed by atoms with Crippen LogP contribution in [-0.4, -0.2) is 22.2 Å². The molecule has 0 amide bonds. The Morgan fingerprint density at radius 3 is 3.13 bits per heavy atom. The van der Waals surface area contributed by atoms with Crippen LogP contribution in [0.1, 0.15) is 25.5 Å². The maximum Gasteiger partial charge on any atom is 0.150 e. The predicted molar refractivity (Wildman–Crippen MR) is 55.4 cm³/mol. The summed E-state index contributed by atoms with van der Waals surface area (Å²) >= 11 is 0. The minimum Gasteiger partial charge on any atom is -0.409 e. The number of hydrogen-bond acceptors (Lipinski definition) is 5. The van der Waals surface area contributed by atoms with Crippen LogP contribution in [0.25, 0.3) is 0 Å². The summed E-state index contributed by atoms with van der Waals surface area (Å²) in [6.07, 6.45) is 3.01. The smallest absolute Gasteiger partial charge is 0.150 e. The van der Waals surface area contributed by atoms with Gasteiger partial charge in [0.25, 0.3) is 0 Å². The second-order valence-electron chi connectivity index (χ2n) is 3.26. The Kier molecular flexibility index (Phi) is 4.62. The third-order valence-corrected chi connectivity index (χ3v) is 2.13.